The number of halogens is 4. The second kappa shape index (κ2) is 5.39. The Bertz CT molecular complexity index is 457. The van der Waals surface area contributed by atoms with Crippen molar-refractivity contribution in [1.29, 1.82) is 5.26 Å². The van der Waals surface area contributed by atoms with Crippen LogP contribution in [0.1, 0.15) is 5.69 Å². The lowest BCUT2D eigenvalue weighted by Gasteiger charge is -2.12. The summed E-state index contributed by atoms with van der Waals surface area (Å²) in [5.74, 6) is -0.358. The molecule has 1 aromatic rings. The lowest BCUT2D eigenvalue weighted by molar-refractivity contribution is -0.275. The SMILES string of the molecule is COc1cc(OC(F)(F)F)c(I)nc1CC#N. The van der Waals surface area contributed by atoms with Crippen LogP contribution >= 0.6 is 22.6 Å². The van der Waals surface area contributed by atoms with E-state index in [9.17, 15) is 13.2 Å². The summed E-state index contributed by atoms with van der Waals surface area (Å²) in [5, 5.41) is 8.53. The zero-order chi connectivity index (χ0) is 13.1. The van der Waals surface area contributed by atoms with Crippen LogP contribution in [0.4, 0.5) is 13.2 Å². The predicted molar refractivity (Wildman–Crippen MR) is 59.5 cm³/mol. The molecule has 4 nitrogen and oxygen atoms in total. The van der Waals surface area contributed by atoms with Crippen molar-refractivity contribution < 1.29 is 22.6 Å². The molecule has 0 aliphatic rings. The molecule has 1 aromatic heterocycles. The standard InChI is InChI=1S/C9H6F3IN2O2/c1-16-6-4-7(17-9(10,11)12)8(13)15-5(6)2-3-14/h4H,2H2,1H3. The van der Waals surface area contributed by atoms with Crippen molar-refractivity contribution in [3.63, 3.8) is 0 Å². The summed E-state index contributed by atoms with van der Waals surface area (Å²) in [4.78, 5) is 3.83. The molecule has 0 radical (unpaired) electrons. The molecule has 0 unspecified atom stereocenters. The number of hydrogen-bond donors (Lipinski definition) is 0. The van der Waals surface area contributed by atoms with Gasteiger partial charge in [0.15, 0.2) is 5.75 Å². The molecule has 1 heterocycles. The summed E-state index contributed by atoms with van der Waals surface area (Å²) in [6, 6.07) is 2.91. The maximum atomic E-state index is 12.1. The second-order valence-electron chi connectivity index (χ2n) is 2.81. The first kappa shape index (κ1) is 13.8. The minimum atomic E-state index is -4.79. The van der Waals surface area contributed by atoms with Gasteiger partial charge in [-0.3, -0.25) is 0 Å². The van der Waals surface area contributed by atoms with E-state index in [0.717, 1.165) is 6.07 Å². The maximum Gasteiger partial charge on any atom is 0.573 e. The molecule has 0 fully saturated rings. The summed E-state index contributed by atoms with van der Waals surface area (Å²) in [5.41, 5.74) is 0.272. The lowest BCUT2D eigenvalue weighted by Crippen LogP contribution is -2.18. The Hall–Kier alpha value is -1.24. The Morgan fingerprint density at radius 3 is 2.59 bits per heavy atom. The van der Waals surface area contributed by atoms with Gasteiger partial charge in [-0.1, -0.05) is 0 Å². The van der Waals surface area contributed by atoms with Gasteiger partial charge in [0, 0.05) is 6.07 Å². The van der Waals surface area contributed by atoms with E-state index < -0.39 is 12.1 Å². The largest absolute Gasteiger partial charge is 0.573 e. The van der Waals surface area contributed by atoms with Crippen LogP contribution in [0.15, 0.2) is 6.07 Å². The van der Waals surface area contributed by atoms with E-state index in [1.54, 1.807) is 22.6 Å². The average Bonchev–Trinajstić information content (AvgIpc) is 2.20. The number of aromatic nitrogens is 1. The average molecular weight is 358 g/mol. The van der Waals surface area contributed by atoms with Gasteiger partial charge in [-0.15, -0.1) is 13.2 Å². The van der Waals surface area contributed by atoms with Crippen LogP contribution in [0.5, 0.6) is 11.5 Å². The lowest BCUT2D eigenvalue weighted by atomic mass is 10.2. The monoisotopic (exact) mass is 358 g/mol. The number of hydrogen-bond acceptors (Lipinski definition) is 4. The normalized spacial score (nSPS) is 10.8. The van der Waals surface area contributed by atoms with E-state index in [1.807, 2.05) is 6.07 Å². The molecule has 8 heteroatoms. The van der Waals surface area contributed by atoms with E-state index in [2.05, 4.69) is 9.72 Å². The summed E-state index contributed by atoms with van der Waals surface area (Å²) < 4.78 is 44.8. The molecule has 0 amide bonds. The molecular formula is C9H6F3IN2O2. The zero-order valence-corrected chi connectivity index (χ0v) is 10.7. The van der Waals surface area contributed by atoms with Gasteiger partial charge in [0.05, 0.1) is 25.3 Å². The van der Waals surface area contributed by atoms with Crippen molar-refractivity contribution in [2.75, 3.05) is 7.11 Å². The van der Waals surface area contributed by atoms with Gasteiger partial charge >= 0.3 is 6.36 Å². The molecule has 0 aliphatic carbocycles. The number of rotatable bonds is 3. The zero-order valence-electron chi connectivity index (χ0n) is 8.51. The molecule has 0 aromatic carbocycles. The van der Waals surface area contributed by atoms with E-state index in [-0.39, 0.29) is 21.6 Å². The molecule has 17 heavy (non-hydrogen) atoms. The molecule has 92 valence electrons. The number of nitriles is 1. The Kier molecular flexibility index (Phi) is 4.39. The van der Waals surface area contributed by atoms with Gasteiger partial charge in [-0.25, -0.2) is 4.98 Å². The Morgan fingerprint density at radius 2 is 2.12 bits per heavy atom. The third-order valence-electron chi connectivity index (χ3n) is 1.68. The van der Waals surface area contributed by atoms with Gasteiger partial charge in [-0.05, 0) is 22.6 Å². The molecule has 1 rings (SSSR count). The van der Waals surface area contributed by atoms with Gasteiger partial charge in [-0.2, -0.15) is 5.26 Å². The molecule has 0 N–H and O–H groups in total. The van der Waals surface area contributed by atoms with E-state index >= 15 is 0 Å². The highest BCUT2D eigenvalue weighted by atomic mass is 127. The smallest absolute Gasteiger partial charge is 0.495 e. The summed E-state index contributed by atoms with van der Waals surface area (Å²) in [6.45, 7) is 0. The first-order valence-electron chi connectivity index (χ1n) is 4.23. The Labute approximate surface area is 108 Å². The van der Waals surface area contributed by atoms with E-state index in [4.69, 9.17) is 10.00 Å². The van der Waals surface area contributed by atoms with Crippen molar-refractivity contribution in [3.8, 4) is 17.6 Å². The fraction of sp³-hybridized carbons (Fsp3) is 0.333. The number of methoxy groups -OCH3 is 1. The number of pyridine rings is 1. The van der Waals surface area contributed by atoms with Crippen LogP contribution in [0.3, 0.4) is 0 Å². The highest BCUT2D eigenvalue weighted by molar-refractivity contribution is 14.1. The number of ether oxygens (including phenoxy) is 2. The van der Waals surface area contributed by atoms with Gasteiger partial charge in [0.2, 0.25) is 0 Å². The van der Waals surface area contributed by atoms with Gasteiger partial charge in [0.1, 0.15) is 9.45 Å². The van der Waals surface area contributed by atoms with Crippen molar-refractivity contribution in [3.05, 3.63) is 15.5 Å². The number of nitrogens with zero attached hydrogens (tertiary/aromatic N) is 2. The minimum absolute atomic E-state index is 0.0194. The Morgan fingerprint density at radius 1 is 1.47 bits per heavy atom. The summed E-state index contributed by atoms with van der Waals surface area (Å²) in [6.07, 6.45) is -4.84. The van der Waals surface area contributed by atoms with Gasteiger partial charge < -0.3 is 9.47 Å². The van der Waals surface area contributed by atoms with Crippen LogP contribution in [-0.2, 0) is 6.42 Å². The highest BCUT2D eigenvalue weighted by Crippen LogP contribution is 2.31. The molecule has 0 saturated carbocycles. The van der Waals surface area contributed by atoms with Crippen molar-refractivity contribution >= 4 is 22.6 Å². The predicted octanol–water partition coefficient (Wildman–Crippen LogP) is 2.66. The van der Waals surface area contributed by atoms with Crippen molar-refractivity contribution in [2.45, 2.75) is 12.8 Å². The van der Waals surface area contributed by atoms with Crippen LogP contribution < -0.4 is 9.47 Å². The van der Waals surface area contributed by atoms with Crippen LogP contribution in [0.25, 0.3) is 0 Å². The minimum Gasteiger partial charge on any atom is -0.495 e. The molecule has 0 atom stereocenters. The highest BCUT2D eigenvalue weighted by Gasteiger charge is 2.32. The van der Waals surface area contributed by atoms with E-state index in [1.165, 1.54) is 7.11 Å². The molecule has 0 bridgehead atoms. The number of alkyl halides is 3. The van der Waals surface area contributed by atoms with Crippen molar-refractivity contribution in [1.82, 2.24) is 4.98 Å². The molecular weight excluding hydrogens is 352 g/mol. The summed E-state index contributed by atoms with van der Waals surface area (Å²) >= 11 is 1.60. The fourth-order valence-corrected chi connectivity index (χ4v) is 1.62. The van der Waals surface area contributed by atoms with Crippen LogP contribution in [0.2, 0.25) is 0 Å². The third-order valence-corrected chi connectivity index (χ3v) is 2.45. The third kappa shape index (κ3) is 3.92. The quantitative estimate of drug-likeness (QED) is 0.616. The first-order chi connectivity index (χ1) is 7.87. The van der Waals surface area contributed by atoms with E-state index in [0.29, 0.717) is 0 Å². The maximum absolute atomic E-state index is 12.1. The topological polar surface area (TPSA) is 55.1 Å². The molecule has 0 saturated heterocycles. The Balaban J connectivity index is 3.14. The summed E-state index contributed by atoms with van der Waals surface area (Å²) in [7, 11) is 1.28. The first-order valence-corrected chi connectivity index (χ1v) is 5.31. The van der Waals surface area contributed by atoms with Crippen LogP contribution in [-0.4, -0.2) is 18.5 Å². The molecule has 0 aliphatic heterocycles. The van der Waals surface area contributed by atoms with Crippen LogP contribution in [0, 0.1) is 15.0 Å². The second-order valence-corrected chi connectivity index (χ2v) is 3.83. The fourth-order valence-electron chi connectivity index (χ4n) is 1.07. The van der Waals surface area contributed by atoms with Gasteiger partial charge in [0.25, 0.3) is 0 Å². The van der Waals surface area contributed by atoms with Crippen molar-refractivity contribution in [2.24, 2.45) is 0 Å². The molecule has 0 spiro atoms.